The van der Waals surface area contributed by atoms with Gasteiger partial charge in [-0.25, -0.2) is 0 Å². The van der Waals surface area contributed by atoms with Crippen LogP contribution in [-0.2, 0) is 17.7 Å². The Hall–Kier alpha value is 0.234. The van der Waals surface area contributed by atoms with Gasteiger partial charge in [0, 0.05) is 35.0 Å². The Morgan fingerprint density at radius 2 is 1.50 bits per heavy atom. The molecule has 0 aromatic heterocycles. The van der Waals surface area contributed by atoms with Crippen molar-refractivity contribution in [2.24, 2.45) is 0 Å². The second-order valence-corrected chi connectivity index (χ2v) is 9.07. The Kier molecular flexibility index (Phi) is 13.6. The van der Waals surface area contributed by atoms with Crippen molar-refractivity contribution in [2.75, 3.05) is 35.0 Å². The minimum Gasteiger partial charge on any atom is -0.400 e. The first kappa shape index (κ1) is 18.6. The average molecular weight is 270 g/mol. The monoisotopic (exact) mass is 270 g/mol. The maximum atomic E-state index is 8.53. The van der Waals surface area contributed by atoms with E-state index in [1.807, 2.05) is 13.1 Å². The number of aliphatic hydroxyl groups excluding tert-OH is 1. The van der Waals surface area contributed by atoms with Gasteiger partial charge in [0.25, 0.3) is 0 Å². The second-order valence-electron chi connectivity index (χ2n) is 3.41. The first-order valence-corrected chi connectivity index (χ1v) is 9.88. The summed E-state index contributed by atoms with van der Waals surface area (Å²) < 4.78 is 20.0. The molecule has 0 aliphatic rings. The fourth-order valence-corrected chi connectivity index (χ4v) is 2.35. The van der Waals surface area contributed by atoms with Gasteiger partial charge in [0.05, 0.1) is 0 Å². The van der Waals surface area contributed by atoms with Crippen LogP contribution in [0.15, 0.2) is 0 Å². The standard InChI is InChI=1S/C6H16O3Si.C3H10O2Si/c1-8-10(3,9-2)6-4-5-7;1-4-6(3)5-2/h7H,4-6H2,1-3H3;6H,1-3H3. The van der Waals surface area contributed by atoms with Gasteiger partial charge >= 0.3 is 17.8 Å². The second kappa shape index (κ2) is 11.7. The zero-order valence-corrected chi connectivity index (χ0v) is 13.4. The summed E-state index contributed by atoms with van der Waals surface area (Å²) in [5.74, 6) is 0. The highest BCUT2D eigenvalue weighted by atomic mass is 28.4. The molecule has 16 heavy (non-hydrogen) atoms. The molecule has 0 atom stereocenters. The highest BCUT2D eigenvalue weighted by Crippen LogP contribution is 2.12. The van der Waals surface area contributed by atoms with Crippen LogP contribution in [-0.4, -0.2) is 58.0 Å². The molecule has 0 saturated carbocycles. The fraction of sp³-hybridized carbons (Fsp3) is 1.00. The molecule has 5 nitrogen and oxygen atoms in total. The van der Waals surface area contributed by atoms with Crippen LogP contribution in [0, 0.1) is 0 Å². The van der Waals surface area contributed by atoms with Gasteiger partial charge in [0.15, 0.2) is 0 Å². The van der Waals surface area contributed by atoms with Gasteiger partial charge < -0.3 is 22.8 Å². The van der Waals surface area contributed by atoms with Gasteiger partial charge in [0.2, 0.25) is 0 Å². The Bertz CT molecular complexity index is 140. The van der Waals surface area contributed by atoms with E-state index in [4.69, 9.17) is 22.8 Å². The molecule has 0 saturated heterocycles. The van der Waals surface area contributed by atoms with Crippen LogP contribution in [0.1, 0.15) is 6.42 Å². The molecule has 0 aliphatic heterocycles. The molecule has 0 radical (unpaired) electrons. The third kappa shape index (κ3) is 10.7. The molecule has 0 bridgehead atoms. The highest BCUT2D eigenvalue weighted by molar-refractivity contribution is 6.65. The molecule has 100 valence electrons. The summed E-state index contributed by atoms with van der Waals surface area (Å²) in [6.07, 6.45) is 0.768. The Labute approximate surface area is 102 Å². The summed E-state index contributed by atoms with van der Waals surface area (Å²) in [5.41, 5.74) is 0. The lowest BCUT2D eigenvalue weighted by Gasteiger charge is -2.21. The van der Waals surface area contributed by atoms with E-state index in [1.54, 1.807) is 28.4 Å². The average Bonchev–Trinajstić information content (AvgIpc) is 2.35. The molecule has 0 aromatic carbocycles. The van der Waals surface area contributed by atoms with Crippen LogP contribution in [0.25, 0.3) is 0 Å². The number of rotatable bonds is 7. The molecular formula is C9H26O5Si2. The zero-order valence-electron chi connectivity index (χ0n) is 11.3. The smallest absolute Gasteiger partial charge is 0.334 e. The van der Waals surface area contributed by atoms with E-state index in [0.717, 1.165) is 12.5 Å². The molecule has 0 amide bonds. The summed E-state index contributed by atoms with van der Waals surface area (Å²) in [5, 5.41) is 8.53. The molecule has 7 heteroatoms. The van der Waals surface area contributed by atoms with Crippen molar-refractivity contribution >= 4 is 17.8 Å². The van der Waals surface area contributed by atoms with Gasteiger partial charge in [-0.15, -0.1) is 0 Å². The summed E-state index contributed by atoms with van der Waals surface area (Å²) in [4.78, 5) is 0. The summed E-state index contributed by atoms with van der Waals surface area (Å²) in [6, 6.07) is 0.858. The van der Waals surface area contributed by atoms with Crippen molar-refractivity contribution < 1.29 is 22.8 Å². The van der Waals surface area contributed by atoms with E-state index in [9.17, 15) is 0 Å². The fourth-order valence-electron chi connectivity index (χ4n) is 0.784. The largest absolute Gasteiger partial charge is 0.400 e. The van der Waals surface area contributed by atoms with Crippen molar-refractivity contribution in [3.63, 3.8) is 0 Å². The molecule has 0 heterocycles. The predicted octanol–water partition coefficient (Wildman–Crippen LogP) is 0.863. The van der Waals surface area contributed by atoms with E-state index in [1.165, 1.54) is 0 Å². The lowest BCUT2D eigenvalue weighted by molar-refractivity contribution is 0.238. The van der Waals surface area contributed by atoms with E-state index < -0.39 is 17.8 Å². The summed E-state index contributed by atoms with van der Waals surface area (Å²) in [6.45, 7) is 4.18. The first-order chi connectivity index (χ1) is 7.49. The Morgan fingerprint density at radius 3 is 1.69 bits per heavy atom. The molecular weight excluding hydrogens is 244 g/mol. The van der Waals surface area contributed by atoms with Crippen molar-refractivity contribution in [3.8, 4) is 0 Å². The molecule has 0 unspecified atom stereocenters. The van der Waals surface area contributed by atoms with Crippen LogP contribution < -0.4 is 0 Å². The molecule has 0 aliphatic carbocycles. The van der Waals surface area contributed by atoms with Crippen molar-refractivity contribution in [1.29, 1.82) is 0 Å². The Balaban J connectivity index is 0. The summed E-state index contributed by atoms with van der Waals surface area (Å²) in [7, 11) is 3.61. The van der Waals surface area contributed by atoms with Gasteiger partial charge in [-0.1, -0.05) is 0 Å². The van der Waals surface area contributed by atoms with E-state index in [-0.39, 0.29) is 6.61 Å². The molecule has 0 rings (SSSR count). The SMILES string of the molecule is CO[SiH](C)OC.CO[Si](C)(CCCO)OC. The van der Waals surface area contributed by atoms with Crippen molar-refractivity contribution in [1.82, 2.24) is 0 Å². The maximum absolute atomic E-state index is 8.53. The van der Waals surface area contributed by atoms with Crippen LogP contribution in [0.3, 0.4) is 0 Å². The van der Waals surface area contributed by atoms with E-state index in [0.29, 0.717) is 0 Å². The number of hydrogen-bond acceptors (Lipinski definition) is 5. The highest BCUT2D eigenvalue weighted by Gasteiger charge is 2.27. The topological polar surface area (TPSA) is 57.2 Å². The van der Waals surface area contributed by atoms with Crippen molar-refractivity contribution in [3.05, 3.63) is 0 Å². The predicted molar refractivity (Wildman–Crippen MR) is 69.2 cm³/mol. The third-order valence-electron chi connectivity index (χ3n) is 2.32. The lowest BCUT2D eigenvalue weighted by atomic mass is 10.5. The molecule has 0 spiro atoms. The minimum absolute atomic E-state index is 0.218. The van der Waals surface area contributed by atoms with Crippen LogP contribution in [0.5, 0.6) is 0 Å². The van der Waals surface area contributed by atoms with Gasteiger partial charge in [-0.2, -0.15) is 0 Å². The molecule has 1 N–H and O–H groups in total. The first-order valence-electron chi connectivity index (χ1n) is 5.26. The van der Waals surface area contributed by atoms with Crippen LogP contribution in [0.4, 0.5) is 0 Å². The van der Waals surface area contributed by atoms with Crippen LogP contribution >= 0.6 is 0 Å². The lowest BCUT2D eigenvalue weighted by Crippen LogP contribution is -2.35. The van der Waals surface area contributed by atoms with E-state index >= 15 is 0 Å². The minimum atomic E-state index is -1.88. The normalized spacial score (nSPS) is 11.2. The number of hydrogen-bond donors (Lipinski definition) is 1. The molecule has 0 aromatic rings. The summed E-state index contributed by atoms with van der Waals surface area (Å²) >= 11 is 0. The van der Waals surface area contributed by atoms with Gasteiger partial charge in [-0.3, -0.25) is 0 Å². The van der Waals surface area contributed by atoms with E-state index in [2.05, 4.69) is 0 Å². The van der Waals surface area contributed by atoms with Gasteiger partial charge in [-0.05, 0) is 25.6 Å². The quantitative estimate of drug-likeness (QED) is 0.696. The Morgan fingerprint density at radius 1 is 1.06 bits per heavy atom. The third-order valence-corrected chi connectivity index (χ3v) is 6.63. The van der Waals surface area contributed by atoms with Crippen molar-refractivity contribution in [2.45, 2.75) is 25.6 Å². The van der Waals surface area contributed by atoms with Gasteiger partial charge in [0.1, 0.15) is 0 Å². The van der Waals surface area contributed by atoms with Crippen LogP contribution in [0.2, 0.25) is 19.1 Å². The molecule has 0 fully saturated rings. The number of aliphatic hydroxyl groups is 1. The zero-order chi connectivity index (χ0) is 13.0. The maximum Gasteiger partial charge on any atom is 0.334 e.